The van der Waals surface area contributed by atoms with Crippen LogP contribution in [0.4, 0.5) is 0 Å². The number of rotatable bonds is 4. The van der Waals surface area contributed by atoms with Crippen LogP contribution in [0.25, 0.3) is 0 Å². The molecule has 14 heavy (non-hydrogen) atoms. The second-order valence-electron chi connectivity index (χ2n) is 2.79. The van der Waals surface area contributed by atoms with E-state index in [0.29, 0.717) is 0 Å². The van der Waals surface area contributed by atoms with E-state index in [4.69, 9.17) is 0 Å². The number of hydrogen-bond acceptors (Lipinski definition) is 4. The molecule has 0 radical (unpaired) electrons. The minimum Gasteiger partial charge on any atom is -0.357 e. The van der Waals surface area contributed by atoms with Gasteiger partial charge in [-0.3, -0.25) is 0 Å². The van der Waals surface area contributed by atoms with Crippen molar-refractivity contribution in [3.63, 3.8) is 0 Å². The fourth-order valence-corrected chi connectivity index (χ4v) is 1.71. The van der Waals surface area contributed by atoms with Crippen LogP contribution in [0.5, 0.6) is 0 Å². The molecule has 0 N–H and O–H groups in total. The Balaban J connectivity index is 2.87. The van der Waals surface area contributed by atoms with Gasteiger partial charge in [-0.1, -0.05) is 17.7 Å². The smallest absolute Gasteiger partial charge is 0.299 e. The van der Waals surface area contributed by atoms with E-state index in [2.05, 4.69) is 8.92 Å². The van der Waals surface area contributed by atoms with Crippen molar-refractivity contribution >= 4 is 10.1 Å². The molecular formula is C9H12O4S. The summed E-state index contributed by atoms with van der Waals surface area (Å²) in [5.74, 6) is 0. The van der Waals surface area contributed by atoms with E-state index in [1.165, 1.54) is 19.2 Å². The van der Waals surface area contributed by atoms with E-state index >= 15 is 0 Å². The molecule has 0 aliphatic carbocycles. The van der Waals surface area contributed by atoms with Gasteiger partial charge in [0.2, 0.25) is 0 Å². The molecule has 0 spiro atoms. The molecule has 5 heteroatoms. The van der Waals surface area contributed by atoms with Gasteiger partial charge in [0.15, 0.2) is 6.79 Å². The lowest BCUT2D eigenvalue weighted by Gasteiger charge is -2.04. The first-order valence-electron chi connectivity index (χ1n) is 4.01. The molecule has 0 unspecified atom stereocenters. The summed E-state index contributed by atoms with van der Waals surface area (Å²) in [7, 11) is -2.30. The van der Waals surface area contributed by atoms with Crippen LogP contribution in [0.2, 0.25) is 0 Å². The minimum atomic E-state index is -3.66. The Labute approximate surface area is 83.6 Å². The van der Waals surface area contributed by atoms with E-state index in [0.717, 1.165) is 5.56 Å². The molecule has 0 saturated heterocycles. The second kappa shape index (κ2) is 4.54. The number of ether oxygens (including phenoxy) is 1. The SMILES string of the molecule is COCOS(=O)(=O)c1ccc(C)cc1. The number of hydrogen-bond donors (Lipinski definition) is 0. The lowest BCUT2D eigenvalue weighted by molar-refractivity contribution is 0.0561. The van der Waals surface area contributed by atoms with Gasteiger partial charge in [0, 0.05) is 7.11 Å². The van der Waals surface area contributed by atoms with Gasteiger partial charge in [-0.15, -0.1) is 0 Å². The van der Waals surface area contributed by atoms with Crippen molar-refractivity contribution in [3.05, 3.63) is 29.8 Å². The lowest BCUT2D eigenvalue weighted by atomic mass is 10.2. The highest BCUT2D eigenvalue weighted by Crippen LogP contribution is 2.12. The van der Waals surface area contributed by atoms with Crippen molar-refractivity contribution in [3.8, 4) is 0 Å². The molecule has 4 nitrogen and oxygen atoms in total. The predicted octanol–water partition coefficient (Wildman–Crippen LogP) is 1.30. The molecule has 0 heterocycles. The van der Waals surface area contributed by atoms with Gasteiger partial charge in [0.25, 0.3) is 10.1 Å². The summed E-state index contributed by atoms with van der Waals surface area (Å²) in [4.78, 5) is 0.139. The maximum absolute atomic E-state index is 11.4. The third kappa shape index (κ3) is 2.80. The zero-order chi connectivity index (χ0) is 10.6. The minimum absolute atomic E-state index is 0.139. The monoisotopic (exact) mass is 216 g/mol. The van der Waals surface area contributed by atoms with Crippen LogP contribution in [0.15, 0.2) is 29.2 Å². The summed E-state index contributed by atoms with van der Waals surface area (Å²) >= 11 is 0. The molecule has 0 atom stereocenters. The van der Waals surface area contributed by atoms with E-state index < -0.39 is 10.1 Å². The summed E-state index contributed by atoms with van der Waals surface area (Å²) < 4.78 is 31.9. The van der Waals surface area contributed by atoms with Crippen molar-refractivity contribution in [2.24, 2.45) is 0 Å². The molecule has 78 valence electrons. The first-order valence-corrected chi connectivity index (χ1v) is 5.42. The van der Waals surface area contributed by atoms with Gasteiger partial charge in [-0.05, 0) is 19.1 Å². The quantitative estimate of drug-likeness (QED) is 0.562. The van der Waals surface area contributed by atoms with Gasteiger partial charge >= 0.3 is 0 Å². The fourth-order valence-electron chi connectivity index (χ4n) is 0.884. The summed E-state index contributed by atoms with van der Waals surface area (Å²) in [6, 6.07) is 6.42. The largest absolute Gasteiger partial charge is 0.357 e. The molecule has 0 aromatic heterocycles. The van der Waals surface area contributed by atoms with Gasteiger partial charge in [-0.2, -0.15) is 8.42 Å². The Bertz CT molecular complexity index is 380. The van der Waals surface area contributed by atoms with Crippen LogP contribution in [0, 0.1) is 6.92 Å². The summed E-state index contributed by atoms with van der Waals surface area (Å²) in [6.07, 6.45) is 0. The van der Waals surface area contributed by atoms with Crippen molar-refractivity contribution in [2.45, 2.75) is 11.8 Å². The Morgan fingerprint density at radius 2 is 1.79 bits per heavy atom. The van der Waals surface area contributed by atoms with E-state index in [9.17, 15) is 8.42 Å². The molecular weight excluding hydrogens is 204 g/mol. The van der Waals surface area contributed by atoms with E-state index in [-0.39, 0.29) is 11.7 Å². The topological polar surface area (TPSA) is 52.6 Å². The average molecular weight is 216 g/mol. The molecule has 1 rings (SSSR count). The zero-order valence-electron chi connectivity index (χ0n) is 8.06. The van der Waals surface area contributed by atoms with Crippen LogP contribution in [-0.2, 0) is 19.0 Å². The standard InChI is InChI=1S/C9H12O4S/c1-8-3-5-9(6-4-8)14(10,11)13-7-12-2/h3-6H,7H2,1-2H3. The Morgan fingerprint density at radius 3 is 2.29 bits per heavy atom. The maximum Gasteiger partial charge on any atom is 0.299 e. The van der Waals surface area contributed by atoms with Crippen LogP contribution < -0.4 is 0 Å². The average Bonchev–Trinajstić information content (AvgIpc) is 2.16. The maximum atomic E-state index is 11.4. The Kier molecular flexibility index (Phi) is 3.62. The fraction of sp³-hybridized carbons (Fsp3) is 0.333. The molecule has 1 aromatic carbocycles. The predicted molar refractivity (Wildman–Crippen MR) is 51.3 cm³/mol. The number of methoxy groups -OCH3 is 1. The summed E-state index contributed by atoms with van der Waals surface area (Å²) in [5.41, 5.74) is 0.996. The van der Waals surface area contributed by atoms with Crippen molar-refractivity contribution in [2.75, 3.05) is 13.9 Å². The van der Waals surface area contributed by atoms with Crippen LogP contribution >= 0.6 is 0 Å². The lowest BCUT2D eigenvalue weighted by Crippen LogP contribution is -2.08. The summed E-state index contributed by atoms with van der Waals surface area (Å²) in [5, 5.41) is 0. The van der Waals surface area contributed by atoms with E-state index in [1.54, 1.807) is 12.1 Å². The number of benzene rings is 1. The van der Waals surface area contributed by atoms with Gasteiger partial charge < -0.3 is 4.74 Å². The highest BCUT2D eigenvalue weighted by Gasteiger charge is 2.13. The van der Waals surface area contributed by atoms with Crippen LogP contribution in [0.3, 0.4) is 0 Å². The Morgan fingerprint density at radius 1 is 1.21 bits per heavy atom. The van der Waals surface area contributed by atoms with Gasteiger partial charge in [0.05, 0.1) is 4.90 Å². The Hall–Kier alpha value is -0.910. The molecule has 0 aliphatic rings. The van der Waals surface area contributed by atoms with Crippen LogP contribution in [-0.4, -0.2) is 22.3 Å². The first kappa shape index (κ1) is 11.2. The molecule has 0 fully saturated rings. The van der Waals surface area contributed by atoms with Crippen LogP contribution in [0.1, 0.15) is 5.56 Å². The van der Waals surface area contributed by atoms with Gasteiger partial charge in [-0.25, -0.2) is 4.18 Å². The molecule has 0 bridgehead atoms. The van der Waals surface area contributed by atoms with Gasteiger partial charge in [0.1, 0.15) is 0 Å². The summed E-state index contributed by atoms with van der Waals surface area (Å²) in [6.45, 7) is 1.61. The van der Waals surface area contributed by atoms with Crippen molar-refractivity contribution < 1.29 is 17.3 Å². The molecule has 0 amide bonds. The second-order valence-corrected chi connectivity index (χ2v) is 4.41. The first-order chi connectivity index (χ1) is 6.56. The highest BCUT2D eigenvalue weighted by atomic mass is 32.2. The highest BCUT2D eigenvalue weighted by molar-refractivity contribution is 7.86. The normalized spacial score (nSPS) is 11.6. The van der Waals surface area contributed by atoms with E-state index in [1.807, 2.05) is 6.92 Å². The number of aryl methyl sites for hydroxylation is 1. The molecule has 0 saturated carbocycles. The van der Waals surface area contributed by atoms with Crippen molar-refractivity contribution in [1.82, 2.24) is 0 Å². The molecule has 1 aromatic rings. The zero-order valence-corrected chi connectivity index (χ0v) is 8.87. The third-order valence-corrected chi connectivity index (χ3v) is 2.89. The van der Waals surface area contributed by atoms with Crippen molar-refractivity contribution in [1.29, 1.82) is 0 Å². The molecule has 0 aliphatic heterocycles. The third-order valence-electron chi connectivity index (χ3n) is 1.63.